The van der Waals surface area contributed by atoms with Gasteiger partial charge in [0.2, 0.25) is 5.91 Å². The fourth-order valence-electron chi connectivity index (χ4n) is 1.73. The van der Waals surface area contributed by atoms with Gasteiger partial charge in [-0.1, -0.05) is 26.0 Å². The second-order valence-electron chi connectivity index (χ2n) is 4.64. The Hall–Kier alpha value is -1.60. The smallest absolute Gasteiger partial charge is 0.282 e. The van der Waals surface area contributed by atoms with Gasteiger partial charge in [-0.25, -0.2) is 0 Å². The number of benzene rings is 1. The van der Waals surface area contributed by atoms with Crippen LogP contribution in [0.1, 0.15) is 20.3 Å². The first-order valence-electron chi connectivity index (χ1n) is 6.33. The van der Waals surface area contributed by atoms with E-state index in [0.29, 0.717) is 17.1 Å². The zero-order chi connectivity index (χ0) is 15.1. The first kappa shape index (κ1) is 16.5. The second-order valence-corrected chi connectivity index (χ2v) is 5.78. The SMILES string of the molecule is CC(C)NC(CCSc1ccccc1[N+](=O)[O-])C(N)=O. The number of nitrogens with one attached hydrogen (secondary N) is 1. The van der Waals surface area contributed by atoms with Crippen LogP contribution in [0.5, 0.6) is 0 Å². The van der Waals surface area contributed by atoms with Gasteiger partial charge in [0.05, 0.1) is 15.9 Å². The Balaban J connectivity index is 2.59. The van der Waals surface area contributed by atoms with Gasteiger partial charge >= 0.3 is 0 Å². The Morgan fingerprint density at radius 1 is 1.45 bits per heavy atom. The number of amides is 1. The van der Waals surface area contributed by atoms with Crippen LogP contribution in [0.2, 0.25) is 0 Å². The molecule has 0 saturated heterocycles. The topological polar surface area (TPSA) is 98.3 Å². The highest BCUT2D eigenvalue weighted by Crippen LogP contribution is 2.29. The number of nitro groups is 1. The Labute approximate surface area is 122 Å². The summed E-state index contributed by atoms with van der Waals surface area (Å²) >= 11 is 1.36. The number of hydrogen-bond donors (Lipinski definition) is 2. The number of hydrogen-bond acceptors (Lipinski definition) is 5. The number of nitro benzene ring substituents is 1. The number of para-hydroxylation sites is 1. The lowest BCUT2D eigenvalue weighted by Crippen LogP contribution is -2.44. The highest BCUT2D eigenvalue weighted by Gasteiger charge is 2.17. The lowest BCUT2D eigenvalue weighted by molar-refractivity contribution is -0.387. The fraction of sp³-hybridized carbons (Fsp3) is 0.462. The first-order valence-corrected chi connectivity index (χ1v) is 7.32. The molecule has 20 heavy (non-hydrogen) atoms. The maximum atomic E-state index is 11.3. The van der Waals surface area contributed by atoms with Crippen molar-refractivity contribution in [3.63, 3.8) is 0 Å². The summed E-state index contributed by atoms with van der Waals surface area (Å²) in [6, 6.07) is 6.31. The summed E-state index contributed by atoms with van der Waals surface area (Å²) in [4.78, 5) is 22.4. The highest BCUT2D eigenvalue weighted by molar-refractivity contribution is 7.99. The summed E-state index contributed by atoms with van der Waals surface area (Å²) in [6.07, 6.45) is 0.532. The van der Waals surface area contributed by atoms with Crippen molar-refractivity contribution in [2.75, 3.05) is 5.75 Å². The van der Waals surface area contributed by atoms with Crippen LogP contribution in [0.4, 0.5) is 5.69 Å². The van der Waals surface area contributed by atoms with Crippen LogP contribution in [0, 0.1) is 10.1 Å². The zero-order valence-corrected chi connectivity index (χ0v) is 12.4. The molecular weight excluding hydrogens is 278 g/mol. The first-order chi connectivity index (χ1) is 9.41. The van der Waals surface area contributed by atoms with Crippen LogP contribution in [-0.4, -0.2) is 28.7 Å². The van der Waals surface area contributed by atoms with Crippen molar-refractivity contribution in [2.24, 2.45) is 5.73 Å². The average Bonchev–Trinajstić information content (AvgIpc) is 2.37. The predicted octanol–water partition coefficient (Wildman–Crippen LogP) is 1.93. The molecule has 0 aliphatic rings. The molecule has 1 atom stereocenters. The number of rotatable bonds is 8. The van der Waals surface area contributed by atoms with Gasteiger partial charge in [-0.2, -0.15) is 0 Å². The maximum absolute atomic E-state index is 11.3. The molecule has 6 nitrogen and oxygen atoms in total. The molecule has 1 aromatic carbocycles. The predicted molar refractivity (Wildman–Crippen MR) is 79.7 cm³/mol. The van der Waals surface area contributed by atoms with Crippen molar-refractivity contribution >= 4 is 23.4 Å². The van der Waals surface area contributed by atoms with Crippen molar-refractivity contribution in [2.45, 2.75) is 37.2 Å². The molecule has 0 heterocycles. The third-order valence-corrected chi connectivity index (χ3v) is 3.70. The largest absolute Gasteiger partial charge is 0.368 e. The molecule has 1 amide bonds. The molecule has 0 fully saturated rings. The molecule has 0 spiro atoms. The van der Waals surface area contributed by atoms with Crippen molar-refractivity contribution in [1.29, 1.82) is 0 Å². The third-order valence-electron chi connectivity index (χ3n) is 2.60. The molecule has 0 bridgehead atoms. The van der Waals surface area contributed by atoms with Gasteiger partial charge in [0.15, 0.2) is 0 Å². The van der Waals surface area contributed by atoms with Crippen LogP contribution < -0.4 is 11.1 Å². The van der Waals surface area contributed by atoms with Crippen LogP contribution >= 0.6 is 11.8 Å². The Morgan fingerprint density at radius 2 is 2.10 bits per heavy atom. The lowest BCUT2D eigenvalue weighted by atomic mass is 10.2. The second kappa shape index (κ2) is 7.86. The van der Waals surface area contributed by atoms with E-state index in [1.807, 2.05) is 13.8 Å². The van der Waals surface area contributed by atoms with Crippen molar-refractivity contribution in [1.82, 2.24) is 5.32 Å². The Morgan fingerprint density at radius 3 is 2.65 bits per heavy atom. The van der Waals surface area contributed by atoms with E-state index in [4.69, 9.17) is 5.73 Å². The Kier molecular flexibility index (Phi) is 6.47. The summed E-state index contributed by atoms with van der Waals surface area (Å²) in [5.41, 5.74) is 5.41. The molecule has 0 aliphatic heterocycles. The van der Waals surface area contributed by atoms with Crippen molar-refractivity contribution in [3.8, 4) is 0 Å². The van der Waals surface area contributed by atoms with Gasteiger partial charge in [-0.15, -0.1) is 11.8 Å². The number of carbonyl (C=O) groups excluding carboxylic acids is 1. The van der Waals surface area contributed by atoms with E-state index in [-0.39, 0.29) is 11.7 Å². The highest BCUT2D eigenvalue weighted by atomic mass is 32.2. The standard InChI is InChI=1S/C13H19N3O3S/c1-9(2)15-10(13(14)17)7-8-20-12-6-4-3-5-11(12)16(18)19/h3-6,9-10,15H,7-8H2,1-2H3,(H2,14,17). The minimum Gasteiger partial charge on any atom is -0.368 e. The number of carbonyl (C=O) groups is 1. The zero-order valence-electron chi connectivity index (χ0n) is 11.5. The van der Waals surface area contributed by atoms with Crippen LogP contribution in [0.25, 0.3) is 0 Å². The number of primary amides is 1. The van der Waals surface area contributed by atoms with E-state index < -0.39 is 16.9 Å². The number of nitrogens with zero attached hydrogens (tertiary/aromatic N) is 1. The van der Waals surface area contributed by atoms with Gasteiger partial charge in [-0.05, 0) is 12.5 Å². The summed E-state index contributed by atoms with van der Waals surface area (Å²) in [5, 5.41) is 14.0. The van der Waals surface area contributed by atoms with Gasteiger partial charge < -0.3 is 11.1 Å². The third kappa shape index (κ3) is 5.18. The molecule has 3 N–H and O–H groups in total. The maximum Gasteiger partial charge on any atom is 0.282 e. The summed E-state index contributed by atoms with van der Waals surface area (Å²) < 4.78 is 0. The van der Waals surface area contributed by atoms with Gasteiger partial charge in [-0.3, -0.25) is 14.9 Å². The van der Waals surface area contributed by atoms with Crippen molar-refractivity contribution < 1.29 is 9.72 Å². The number of thioether (sulfide) groups is 1. The minimum atomic E-state index is -0.412. The molecule has 0 saturated carbocycles. The molecule has 1 aromatic rings. The van der Waals surface area contributed by atoms with E-state index in [1.54, 1.807) is 18.2 Å². The van der Waals surface area contributed by atoms with E-state index in [1.165, 1.54) is 17.8 Å². The minimum absolute atomic E-state index is 0.0879. The van der Waals surface area contributed by atoms with Gasteiger partial charge in [0.25, 0.3) is 5.69 Å². The van der Waals surface area contributed by atoms with E-state index in [9.17, 15) is 14.9 Å². The van der Waals surface area contributed by atoms with Gasteiger partial charge in [0, 0.05) is 17.9 Å². The lowest BCUT2D eigenvalue weighted by Gasteiger charge is -2.17. The fourth-order valence-corrected chi connectivity index (χ4v) is 2.77. The normalized spacial score (nSPS) is 12.3. The summed E-state index contributed by atoms with van der Waals surface area (Å²) in [7, 11) is 0. The summed E-state index contributed by atoms with van der Waals surface area (Å²) in [6.45, 7) is 3.87. The monoisotopic (exact) mass is 297 g/mol. The van der Waals surface area contributed by atoms with Crippen LogP contribution in [0.15, 0.2) is 29.2 Å². The van der Waals surface area contributed by atoms with Gasteiger partial charge in [0.1, 0.15) is 0 Å². The molecular formula is C13H19N3O3S. The summed E-state index contributed by atoms with van der Waals surface area (Å²) in [5.74, 6) is 0.180. The molecule has 0 aromatic heterocycles. The van der Waals surface area contributed by atoms with Crippen LogP contribution in [-0.2, 0) is 4.79 Å². The molecule has 7 heteroatoms. The molecule has 1 rings (SSSR count). The van der Waals surface area contributed by atoms with E-state index in [2.05, 4.69) is 5.32 Å². The average molecular weight is 297 g/mol. The van der Waals surface area contributed by atoms with Crippen molar-refractivity contribution in [3.05, 3.63) is 34.4 Å². The Bertz CT molecular complexity index is 480. The molecule has 0 aliphatic carbocycles. The quantitative estimate of drug-likeness (QED) is 0.434. The van der Waals surface area contributed by atoms with E-state index >= 15 is 0 Å². The molecule has 110 valence electrons. The molecule has 1 unspecified atom stereocenters. The van der Waals surface area contributed by atoms with E-state index in [0.717, 1.165) is 0 Å². The van der Waals surface area contributed by atoms with Crippen LogP contribution in [0.3, 0.4) is 0 Å². The molecule has 0 radical (unpaired) electrons. The number of nitrogens with two attached hydrogens (primary N) is 1.